The van der Waals surface area contributed by atoms with E-state index in [4.69, 9.17) is 0 Å². The second-order valence-electron chi connectivity index (χ2n) is 5.42. The molecule has 1 fully saturated rings. The molecule has 1 aromatic carbocycles. The Labute approximate surface area is 119 Å². The topological polar surface area (TPSA) is 71.5 Å². The van der Waals surface area contributed by atoms with Crippen LogP contribution in [-0.2, 0) is 32.8 Å². The van der Waals surface area contributed by atoms with Crippen LogP contribution in [0.3, 0.4) is 0 Å². The van der Waals surface area contributed by atoms with Gasteiger partial charge in [0.15, 0.2) is 9.84 Å². The van der Waals surface area contributed by atoms with E-state index in [1.807, 2.05) is 24.3 Å². The van der Waals surface area contributed by atoms with Gasteiger partial charge < -0.3 is 0 Å². The first kappa shape index (κ1) is 14.0. The predicted molar refractivity (Wildman–Crippen MR) is 76.5 cm³/mol. The zero-order valence-corrected chi connectivity index (χ0v) is 12.7. The maximum Gasteiger partial charge on any atom is 0.218 e. The van der Waals surface area contributed by atoms with Crippen molar-refractivity contribution in [1.29, 1.82) is 0 Å². The van der Waals surface area contributed by atoms with Crippen LogP contribution < -0.4 is 0 Å². The minimum absolute atomic E-state index is 0.0126. The highest BCUT2D eigenvalue weighted by molar-refractivity contribution is 7.95. The summed E-state index contributed by atoms with van der Waals surface area (Å²) >= 11 is 0. The lowest BCUT2D eigenvalue weighted by Gasteiger charge is -2.30. The van der Waals surface area contributed by atoms with Gasteiger partial charge in [-0.15, -0.1) is 0 Å². The van der Waals surface area contributed by atoms with E-state index in [0.29, 0.717) is 19.5 Å². The monoisotopic (exact) mass is 315 g/mol. The molecule has 5 nitrogen and oxygen atoms in total. The molecule has 0 unspecified atom stereocenters. The average molecular weight is 315 g/mol. The molecule has 1 atom stereocenters. The number of sulfonamides is 1. The number of sulfone groups is 1. The van der Waals surface area contributed by atoms with Gasteiger partial charge in [-0.3, -0.25) is 0 Å². The normalized spacial score (nSPS) is 26.3. The van der Waals surface area contributed by atoms with Crippen LogP contribution >= 0.6 is 0 Å². The smallest absolute Gasteiger partial charge is 0.218 e. The highest BCUT2D eigenvalue weighted by Crippen LogP contribution is 2.27. The Hall–Kier alpha value is -0.920. The van der Waals surface area contributed by atoms with Crippen molar-refractivity contribution in [3.8, 4) is 0 Å². The third-order valence-corrected chi connectivity index (χ3v) is 8.32. The van der Waals surface area contributed by atoms with E-state index in [1.54, 1.807) is 0 Å². The Morgan fingerprint density at radius 3 is 2.50 bits per heavy atom. The number of benzene rings is 1. The molecule has 0 amide bonds. The van der Waals surface area contributed by atoms with E-state index in [0.717, 1.165) is 5.56 Å². The maximum atomic E-state index is 12.5. The van der Waals surface area contributed by atoms with Crippen LogP contribution in [0, 0.1) is 0 Å². The van der Waals surface area contributed by atoms with Crippen LogP contribution in [0.2, 0.25) is 0 Å². The van der Waals surface area contributed by atoms with Gasteiger partial charge in [0.25, 0.3) is 0 Å². The molecule has 20 heavy (non-hydrogen) atoms. The first-order chi connectivity index (χ1) is 9.38. The summed E-state index contributed by atoms with van der Waals surface area (Å²) in [6.07, 6.45) is 0.914. The second kappa shape index (κ2) is 4.82. The third-order valence-electron chi connectivity index (χ3n) is 4.07. The van der Waals surface area contributed by atoms with Crippen molar-refractivity contribution in [2.75, 3.05) is 18.1 Å². The molecule has 0 spiro atoms. The summed E-state index contributed by atoms with van der Waals surface area (Å²) in [6, 6.07) is 7.79. The predicted octanol–water partition coefficient (Wildman–Crippen LogP) is 0.562. The Bertz CT molecular complexity index is 724. The zero-order valence-electron chi connectivity index (χ0n) is 11.0. The number of nitrogens with zero attached hydrogens (tertiary/aromatic N) is 1. The van der Waals surface area contributed by atoms with E-state index in [2.05, 4.69) is 0 Å². The van der Waals surface area contributed by atoms with Gasteiger partial charge in [-0.1, -0.05) is 24.3 Å². The summed E-state index contributed by atoms with van der Waals surface area (Å²) in [6.45, 7) is 0.797. The molecule has 0 aliphatic carbocycles. The van der Waals surface area contributed by atoms with Crippen molar-refractivity contribution >= 4 is 19.9 Å². The highest BCUT2D eigenvalue weighted by Gasteiger charge is 2.41. The van der Waals surface area contributed by atoms with Crippen LogP contribution in [-0.4, -0.2) is 44.4 Å². The lowest BCUT2D eigenvalue weighted by Crippen LogP contribution is -2.42. The molecule has 0 aromatic heterocycles. The molecule has 0 bridgehead atoms. The molecule has 2 heterocycles. The van der Waals surface area contributed by atoms with Crippen molar-refractivity contribution in [1.82, 2.24) is 4.31 Å². The van der Waals surface area contributed by atoms with Crippen LogP contribution in [0.15, 0.2) is 24.3 Å². The van der Waals surface area contributed by atoms with Gasteiger partial charge in [0.1, 0.15) is 0 Å². The zero-order chi connectivity index (χ0) is 14.4. The Morgan fingerprint density at radius 1 is 1.15 bits per heavy atom. The molecule has 0 N–H and O–H groups in total. The van der Waals surface area contributed by atoms with Gasteiger partial charge in [0.05, 0.1) is 16.8 Å². The lowest BCUT2D eigenvalue weighted by atomic mass is 10.0. The molecule has 0 radical (unpaired) electrons. The van der Waals surface area contributed by atoms with Crippen molar-refractivity contribution in [2.24, 2.45) is 0 Å². The largest absolute Gasteiger partial charge is 0.229 e. The molecule has 3 rings (SSSR count). The van der Waals surface area contributed by atoms with Crippen molar-refractivity contribution in [2.45, 2.75) is 24.6 Å². The molecule has 1 aromatic rings. The number of fused-ring (bicyclic) bond motifs is 1. The van der Waals surface area contributed by atoms with Crippen LogP contribution in [0.25, 0.3) is 0 Å². The first-order valence-corrected chi connectivity index (χ1v) is 9.97. The standard InChI is InChI=1S/C13H17NO4S2/c15-19(16)8-6-13(10-19)20(17,18)14-7-5-11-3-1-2-4-12(11)9-14/h1-4,13H,5-10H2/t13-/m1/s1. The third kappa shape index (κ3) is 2.49. The molecule has 2 aliphatic rings. The Balaban J connectivity index is 1.84. The van der Waals surface area contributed by atoms with E-state index in [1.165, 1.54) is 9.87 Å². The molecular formula is C13H17NO4S2. The maximum absolute atomic E-state index is 12.5. The molecular weight excluding hydrogens is 298 g/mol. The van der Waals surface area contributed by atoms with Crippen molar-refractivity contribution in [3.63, 3.8) is 0 Å². The van der Waals surface area contributed by atoms with E-state index < -0.39 is 25.1 Å². The number of rotatable bonds is 2. The molecule has 7 heteroatoms. The Morgan fingerprint density at radius 2 is 1.85 bits per heavy atom. The summed E-state index contributed by atoms with van der Waals surface area (Å²) in [5.74, 6) is -0.241. The van der Waals surface area contributed by atoms with Gasteiger partial charge in [0.2, 0.25) is 10.0 Å². The first-order valence-electron chi connectivity index (χ1n) is 6.65. The van der Waals surface area contributed by atoms with Gasteiger partial charge >= 0.3 is 0 Å². The number of hydrogen-bond acceptors (Lipinski definition) is 4. The van der Waals surface area contributed by atoms with Crippen molar-refractivity contribution < 1.29 is 16.8 Å². The summed E-state index contributed by atoms with van der Waals surface area (Å²) in [4.78, 5) is 0. The molecule has 0 saturated carbocycles. The van der Waals surface area contributed by atoms with E-state index >= 15 is 0 Å². The lowest BCUT2D eigenvalue weighted by molar-refractivity contribution is 0.386. The Kier molecular flexibility index (Phi) is 3.38. The molecule has 110 valence electrons. The summed E-state index contributed by atoms with van der Waals surface area (Å²) in [7, 11) is -6.70. The quantitative estimate of drug-likeness (QED) is 0.799. The second-order valence-corrected chi connectivity index (χ2v) is 9.86. The van der Waals surface area contributed by atoms with Gasteiger partial charge in [-0.05, 0) is 24.0 Å². The average Bonchev–Trinajstić information content (AvgIpc) is 2.79. The van der Waals surface area contributed by atoms with E-state index in [-0.39, 0.29) is 17.9 Å². The fraction of sp³-hybridized carbons (Fsp3) is 0.538. The molecule has 2 aliphatic heterocycles. The van der Waals surface area contributed by atoms with Crippen LogP contribution in [0.5, 0.6) is 0 Å². The van der Waals surface area contributed by atoms with Crippen molar-refractivity contribution in [3.05, 3.63) is 35.4 Å². The summed E-state index contributed by atoms with van der Waals surface area (Å²) in [5, 5.41) is -0.766. The number of hydrogen-bond donors (Lipinski definition) is 0. The van der Waals surface area contributed by atoms with Gasteiger partial charge in [0, 0.05) is 13.1 Å². The van der Waals surface area contributed by atoms with Gasteiger partial charge in [-0.2, -0.15) is 4.31 Å². The minimum atomic E-state index is -3.52. The van der Waals surface area contributed by atoms with Gasteiger partial charge in [-0.25, -0.2) is 16.8 Å². The minimum Gasteiger partial charge on any atom is -0.229 e. The van der Waals surface area contributed by atoms with Crippen LogP contribution in [0.1, 0.15) is 17.5 Å². The van der Waals surface area contributed by atoms with E-state index in [9.17, 15) is 16.8 Å². The summed E-state index contributed by atoms with van der Waals surface area (Å²) in [5.41, 5.74) is 2.20. The highest BCUT2D eigenvalue weighted by atomic mass is 32.2. The summed E-state index contributed by atoms with van der Waals surface area (Å²) < 4.78 is 49.5. The molecule has 1 saturated heterocycles. The fourth-order valence-corrected chi connectivity index (χ4v) is 7.40. The SMILES string of the molecule is O=S1(=O)CC[C@@H](S(=O)(=O)N2CCc3ccccc3C2)C1. The van der Waals surface area contributed by atoms with Crippen LogP contribution in [0.4, 0.5) is 0 Å². The fourth-order valence-electron chi connectivity index (χ4n) is 2.89.